The van der Waals surface area contributed by atoms with E-state index in [4.69, 9.17) is 20.2 Å². The molecule has 1 fully saturated rings. The first-order valence-electron chi connectivity index (χ1n) is 11.2. The smallest absolute Gasteiger partial charge is 0.410 e. The molecule has 0 radical (unpaired) electrons. The third-order valence-electron chi connectivity index (χ3n) is 6.37. The van der Waals surface area contributed by atoms with Gasteiger partial charge in [0.25, 0.3) is 0 Å². The van der Waals surface area contributed by atoms with Gasteiger partial charge in [0, 0.05) is 37.7 Å². The van der Waals surface area contributed by atoms with E-state index in [0.717, 1.165) is 31.3 Å². The van der Waals surface area contributed by atoms with Crippen LogP contribution in [0.15, 0.2) is 33.9 Å². The lowest BCUT2D eigenvalue weighted by atomic mass is 9.87. The summed E-state index contributed by atoms with van der Waals surface area (Å²) in [6.07, 6.45) is 10.7. The van der Waals surface area contributed by atoms with Crippen molar-refractivity contribution in [2.45, 2.75) is 82.8 Å². The average molecular weight is 431 g/mol. The lowest BCUT2D eigenvalue weighted by Crippen LogP contribution is -2.55. The molecule has 31 heavy (non-hydrogen) atoms. The molecule has 3 N–H and O–H groups in total. The second-order valence-corrected chi connectivity index (χ2v) is 9.46. The zero-order valence-electron chi connectivity index (χ0n) is 18.9. The summed E-state index contributed by atoms with van der Waals surface area (Å²) in [6.45, 7) is 9.07. The molecule has 3 heterocycles. The Balaban J connectivity index is 1.37. The van der Waals surface area contributed by atoms with Crippen molar-refractivity contribution in [2.75, 3.05) is 13.1 Å². The molecule has 0 bridgehead atoms. The maximum Gasteiger partial charge on any atom is 0.410 e. The fourth-order valence-corrected chi connectivity index (χ4v) is 4.47. The van der Waals surface area contributed by atoms with Gasteiger partial charge in [0.05, 0.1) is 17.7 Å². The molecule has 1 amide bonds. The van der Waals surface area contributed by atoms with Gasteiger partial charge < -0.3 is 25.5 Å². The van der Waals surface area contributed by atoms with Crippen molar-refractivity contribution in [3.63, 3.8) is 0 Å². The number of ether oxygens (including phenoxy) is 2. The molecule has 9 heteroatoms. The maximum atomic E-state index is 12.1. The molecular weight excluding hydrogens is 396 g/mol. The number of hydrazine groups is 1. The number of nitrogens with zero attached hydrogens (tertiary/aromatic N) is 4. The number of hydrogen-bond acceptors (Lipinski definition) is 8. The van der Waals surface area contributed by atoms with Crippen molar-refractivity contribution in [3.05, 3.63) is 23.9 Å². The van der Waals surface area contributed by atoms with Gasteiger partial charge in [-0.1, -0.05) is 12.2 Å². The van der Waals surface area contributed by atoms with Crippen LogP contribution in [0.1, 0.15) is 53.4 Å². The minimum Gasteiger partial charge on any atom is -0.474 e. The summed E-state index contributed by atoms with van der Waals surface area (Å²) < 4.78 is 11.6. The minimum absolute atomic E-state index is 0.0000688. The Labute approximate surface area is 184 Å². The number of amides is 1. The van der Waals surface area contributed by atoms with Gasteiger partial charge in [-0.3, -0.25) is 0 Å². The van der Waals surface area contributed by atoms with E-state index in [2.05, 4.69) is 34.5 Å². The fraction of sp³-hybridized carbons (Fsp3) is 0.682. The molecule has 3 atom stereocenters. The van der Waals surface area contributed by atoms with Crippen LogP contribution >= 0.6 is 0 Å². The molecule has 0 spiro atoms. The first kappa shape index (κ1) is 21.8. The number of hydrogen-bond donors (Lipinski definition) is 2. The van der Waals surface area contributed by atoms with Crippen molar-refractivity contribution in [1.82, 2.24) is 15.3 Å². The van der Waals surface area contributed by atoms with E-state index in [1.54, 1.807) is 11.2 Å². The van der Waals surface area contributed by atoms with Crippen molar-refractivity contribution < 1.29 is 14.3 Å². The number of fused-ring (bicyclic) bond motifs is 1. The van der Waals surface area contributed by atoms with Crippen LogP contribution in [-0.2, 0) is 9.47 Å². The molecule has 0 saturated carbocycles. The Morgan fingerprint density at radius 3 is 2.68 bits per heavy atom. The molecule has 9 nitrogen and oxygen atoms in total. The molecule has 4 rings (SSSR count). The molecule has 0 aromatic heterocycles. The summed E-state index contributed by atoms with van der Waals surface area (Å²) in [5.74, 6) is 0.596. The predicted molar refractivity (Wildman–Crippen MR) is 119 cm³/mol. The van der Waals surface area contributed by atoms with Crippen LogP contribution in [-0.4, -0.2) is 70.8 Å². The highest BCUT2D eigenvalue weighted by atomic mass is 16.6. The molecule has 170 valence electrons. The van der Waals surface area contributed by atoms with Gasteiger partial charge in [-0.15, -0.1) is 0 Å². The highest BCUT2D eigenvalue weighted by molar-refractivity contribution is 6.02. The lowest BCUT2D eigenvalue weighted by Gasteiger charge is -2.41. The normalized spacial score (nSPS) is 33.6. The highest BCUT2D eigenvalue weighted by Gasteiger charge is 2.48. The van der Waals surface area contributed by atoms with E-state index in [9.17, 15) is 4.79 Å². The largest absolute Gasteiger partial charge is 0.474 e. The van der Waals surface area contributed by atoms with E-state index in [-0.39, 0.29) is 29.9 Å². The molecule has 4 aliphatic rings. The third-order valence-corrected chi connectivity index (χ3v) is 6.37. The number of piperidine rings is 1. The molecule has 1 saturated heterocycles. The van der Waals surface area contributed by atoms with E-state index in [1.807, 2.05) is 27.0 Å². The Kier molecular flexibility index (Phi) is 5.83. The van der Waals surface area contributed by atoms with Crippen molar-refractivity contribution in [3.8, 4) is 0 Å². The number of aliphatic imine (C=N–C) groups is 2. The number of likely N-dealkylation sites (tertiary alicyclic amines) is 1. The molecule has 0 aromatic rings. The van der Waals surface area contributed by atoms with Gasteiger partial charge in [-0.05, 0) is 40.5 Å². The SMILES string of the molecule is CC(C)OC(=O)N1CCC(OC2=NC=NC3(C)C2=CNN3C2C=CC(C)(N)CC2)CC1. The fourth-order valence-electron chi connectivity index (χ4n) is 4.47. The van der Waals surface area contributed by atoms with Crippen LogP contribution < -0.4 is 11.2 Å². The van der Waals surface area contributed by atoms with Gasteiger partial charge in [0.1, 0.15) is 12.4 Å². The Bertz CT molecular complexity index is 825. The van der Waals surface area contributed by atoms with Gasteiger partial charge in [0.15, 0.2) is 5.66 Å². The summed E-state index contributed by atoms with van der Waals surface area (Å²) in [5, 5.41) is 2.15. The molecule has 3 unspecified atom stereocenters. The van der Waals surface area contributed by atoms with Gasteiger partial charge in [-0.25, -0.2) is 14.8 Å². The summed E-state index contributed by atoms with van der Waals surface area (Å²) in [4.78, 5) is 23.0. The van der Waals surface area contributed by atoms with Gasteiger partial charge in [0.2, 0.25) is 5.90 Å². The minimum atomic E-state index is -0.587. The van der Waals surface area contributed by atoms with Gasteiger partial charge >= 0.3 is 6.09 Å². The third kappa shape index (κ3) is 4.48. The van der Waals surface area contributed by atoms with E-state index in [0.29, 0.717) is 19.0 Å². The number of nitrogens with two attached hydrogens (primary N) is 1. The van der Waals surface area contributed by atoms with Crippen molar-refractivity contribution in [2.24, 2.45) is 15.7 Å². The van der Waals surface area contributed by atoms with Crippen LogP contribution in [0, 0.1) is 0 Å². The summed E-state index contributed by atoms with van der Waals surface area (Å²) >= 11 is 0. The van der Waals surface area contributed by atoms with Crippen LogP contribution in [0.25, 0.3) is 0 Å². The van der Waals surface area contributed by atoms with E-state index in [1.165, 1.54) is 0 Å². The molecule has 3 aliphatic heterocycles. The zero-order valence-corrected chi connectivity index (χ0v) is 18.9. The number of nitrogens with one attached hydrogen (secondary N) is 1. The molecule has 0 aromatic carbocycles. The highest BCUT2D eigenvalue weighted by Crippen LogP contribution is 2.37. The van der Waals surface area contributed by atoms with Gasteiger partial charge in [-0.2, -0.15) is 5.01 Å². The van der Waals surface area contributed by atoms with Crippen molar-refractivity contribution >= 4 is 18.3 Å². The number of carbonyl (C=O) groups excluding carboxylic acids is 1. The monoisotopic (exact) mass is 430 g/mol. The van der Waals surface area contributed by atoms with Crippen LogP contribution in [0.4, 0.5) is 4.79 Å². The van der Waals surface area contributed by atoms with Crippen LogP contribution in [0.3, 0.4) is 0 Å². The quantitative estimate of drug-likeness (QED) is 0.666. The topological polar surface area (TPSA) is 105 Å². The van der Waals surface area contributed by atoms with Crippen LogP contribution in [0.2, 0.25) is 0 Å². The molecule has 1 aliphatic carbocycles. The van der Waals surface area contributed by atoms with Crippen molar-refractivity contribution in [1.29, 1.82) is 0 Å². The lowest BCUT2D eigenvalue weighted by molar-refractivity contribution is 0.0473. The second kappa shape index (κ2) is 8.27. The number of rotatable bonds is 3. The summed E-state index contributed by atoms with van der Waals surface area (Å²) in [6, 6.07) is 0.182. The first-order valence-corrected chi connectivity index (χ1v) is 11.2. The Hall–Kier alpha value is -2.39. The second-order valence-electron chi connectivity index (χ2n) is 9.46. The zero-order chi connectivity index (χ0) is 22.2. The maximum absolute atomic E-state index is 12.1. The first-order chi connectivity index (χ1) is 14.7. The van der Waals surface area contributed by atoms with E-state index < -0.39 is 5.66 Å². The Morgan fingerprint density at radius 1 is 1.29 bits per heavy atom. The standard InChI is InChI=1S/C22H34N6O3/c1-15(2)30-20(29)27-11-7-17(8-12-27)31-19-18-13-26-28(22(18,4)25-14-24-19)16-5-9-21(3,23)10-6-16/h5,9,13-17,26H,6-8,10-12,23H2,1-4H3. The van der Waals surface area contributed by atoms with Crippen LogP contribution in [0.5, 0.6) is 0 Å². The average Bonchev–Trinajstić information content (AvgIpc) is 3.06. The Morgan fingerprint density at radius 2 is 2.03 bits per heavy atom. The van der Waals surface area contributed by atoms with E-state index >= 15 is 0 Å². The predicted octanol–water partition coefficient (Wildman–Crippen LogP) is 2.31. The number of carbonyl (C=O) groups is 1. The molecular formula is C22H34N6O3. The summed E-state index contributed by atoms with van der Waals surface area (Å²) in [5.41, 5.74) is 9.70. The summed E-state index contributed by atoms with van der Waals surface area (Å²) in [7, 11) is 0.